The summed E-state index contributed by atoms with van der Waals surface area (Å²) in [6, 6.07) is 1.82. The number of nitrogens with one attached hydrogen (secondary N) is 1. The summed E-state index contributed by atoms with van der Waals surface area (Å²) in [4.78, 5) is 14.5. The van der Waals surface area contributed by atoms with Gasteiger partial charge in [-0.3, -0.25) is 4.79 Å². The number of aryl methyl sites for hydroxylation is 1. The number of hydrogen-bond donors (Lipinski definition) is 1. The number of hydrogen-bond acceptors (Lipinski definition) is 5. The lowest BCUT2D eigenvalue weighted by atomic mass is 10.0. The maximum atomic E-state index is 12.6. The zero-order valence-electron chi connectivity index (χ0n) is 15.1. The maximum absolute atomic E-state index is 12.6. The summed E-state index contributed by atoms with van der Waals surface area (Å²) in [5.74, 6) is 0.965. The first-order chi connectivity index (χ1) is 11.8. The normalized spacial score (nSPS) is 19.6. The number of nitrogens with zero attached hydrogens (tertiary/aromatic N) is 2. The Labute approximate surface area is 149 Å². The number of likely N-dealkylation sites (tertiary alicyclic amines) is 1. The Bertz CT molecular complexity index is 729. The van der Waals surface area contributed by atoms with Crippen molar-refractivity contribution >= 4 is 15.9 Å². The molecule has 0 radical (unpaired) electrons. The average Bonchev–Trinajstić information content (AvgIpc) is 3.32. The molecule has 7 nitrogen and oxygen atoms in total. The summed E-state index contributed by atoms with van der Waals surface area (Å²) >= 11 is 0. The predicted molar refractivity (Wildman–Crippen MR) is 94.0 cm³/mol. The van der Waals surface area contributed by atoms with Gasteiger partial charge in [0.05, 0.1) is 0 Å². The number of furan rings is 1. The van der Waals surface area contributed by atoms with Gasteiger partial charge in [-0.2, -0.15) is 0 Å². The summed E-state index contributed by atoms with van der Waals surface area (Å²) in [6.45, 7) is 3.98. The quantitative estimate of drug-likeness (QED) is 0.820. The minimum Gasteiger partial charge on any atom is -0.455 e. The highest BCUT2D eigenvalue weighted by Crippen LogP contribution is 2.28. The molecule has 0 bridgehead atoms. The summed E-state index contributed by atoms with van der Waals surface area (Å²) in [7, 11) is -0.689. The van der Waals surface area contributed by atoms with Crippen LogP contribution >= 0.6 is 0 Å². The summed E-state index contributed by atoms with van der Waals surface area (Å²) in [5.41, 5.74) is 0. The zero-order chi connectivity index (χ0) is 18.2. The van der Waals surface area contributed by atoms with Crippen LogP contribution in [0.3, 0.4) is 0 Å². The van der Waals surface area contributed by atoms with E-state index in [0.717, 1.165) is 29.6 Å². The van der Waals surface area contributed by atoms with Gasteiger partial charge in [-0.05, 0) is 45.1 Å². The summed E-state index contributed by atoms with van der Waals surface area (Å²) in [6.07, 6.45) is 4.50. The molecule has 1 aliphatic carbocycles. The number of sulfonamides is 1. The van der Waals surface area contributed by atoms with E-state index >= 15 is 0 Å². The highest BCUT2D eigenvalue weighted by atomic mass is 32.2. The third-order valence-corrected chi connectivity index (χ3v) is 6.94. The van der Waals surface area contributed by atoms with Gasteiger partial charge in [-0.15, -0.1) is 0 Å². The molecular formula is C17H27N3O4S. The molecule has 3 rings (SSSR count). The molecule has 0 aromatic carbocycles. The molecule has 0 unspecified atom stereocenters. The van der Waals surface area contributed by atoms with E-state index in [4.69, 9.17) is 4.42 Å². The van der Waals surface area contributed by atoms with Crippen molar-refractivity contribution in [3.63, 3.8) is 0 Å². The lowest BCUT2D eigenvalue weighted by Gasteiger charge is -2.32. The van der Waals surface area contributed by atoms with Gasteiger partial charge in [0.2, 0.25) is 10.0 Å². The molecule has 0 atom stereocenters. The smallest absolute Gasteiger partial charge is 0.289 e. The van der Waals surface area contributed by atoms with E-state index in [0.29, 0.717) is 19.1 Å². The van der Waals surface area contributed by atoms with Crippen molar-refractivity contribution in [2.24, 2.45) is 5.92 Å². The lowest BCUT2D eigenvalue weighted by Crippen LogP contribution is -2.45. The van der Waals surface area contributed by atoms with Crippen LogP contribution in [0.5, 0.6) is 0 Å². The van der Waals surface area contributed by atoms with Crippen LogP contribution < -0.4 is 5.32 Å². The van der Waals surface area contributed by atoms with Crippen LogP contribution in [0.25, 0.3) is 0 Å². The Morgan fingerprint density at radius 1 is 1.28 bits per heavy atom. The molecule has 2 heterocycles. The van der Waals surface area contributed by atoms with E-state index in [1.54, 1.807) is 11.8 Å². The van der Waals surface area contributed by atoms with Crippen molar-refractivity contribution in [2.75, 3.05) is 33.7 Å². The summed E-state index contributed by atoms with van der Waals surface area (Å²) < 4.78 is 31.1. The van der Waals surface area contributed by atoms with Crippen molar-refractivity contribution < 1.29 is 17.6 Å². The van der Waals surface area contributed by atoms with E-state index in [-0.39, 0.29) is 22.3 Å². The molecule has 25 heavy (non-hydrogen) atoms. The monoisotopic (exact) mass is 369 g/mol. The predicted octanol–water partition coefficient (Wildman–Crippen LogP) is 1.44. The first-order valence-corrected chi connectivity index (χ1v) is 10.3. The van der Waals surface area contributed by atoms with E-state index in [2.05, 4.69) is 5.32 Å². The van der Waals surface area contributed by atoms with E-state index in [1.165, 1.54) is 33.0 Å². The molecule has 8 heteroatoms. The second kappa shape index (κ2) is 7.09. The highest BCUT2D eigenvalue weighted by Gasteiger charge is 2.30. The van der Waals surface area contributed by atoms with Crippen LogP contribution in [0.2, 0.25) is 0 Å². The molecule has 1 N–H and O–H groups in total. The van der Waals surface area contributed by atoms with Gasteiger partial charge in [0.25, 0.3) is 5.91 Å². The molecule has 2 aliphatic rings. The number of amides is 1. The summed E-state index contributed by atoms with van der Waals surface area (Å²) in [5, 5.41) is 3.58. The fourth-order valence-electron chi connectivity index (χ4n) is 3.12. The molecule has 1 saturated carbocycles. The zero-order valence-corrected chi connectivity index (χ0v) is 15.9. The van der Waals surface area contributed by atoms with Gasteiger partial charge in [-0.1, -0.05) is 0 Å². The minimum absolute atomic E-state index is 0.0573. The minimum atomic E-state index is -3.61. The molecule has 1 amide bonds. The Morgan fingerprint density at radius 3 is 2.48 bits per heavy atom. The highest BCUT2D eigenvalue weighted by molar-refractivity contribution is 7.89. The fourth-order valence-corrected chi connectivity index (χ4v) is 4.18. The molecule has 1 aliphatic heterocycles. The van der Waals surface area contributed by atoms with Crippen molar-refractivity contribution in [1.82, 2.24) is 14.5 Å². The average molecular weight is 369 g/mol. The van der Waals surface area contributed by atoms with E-state index < -0.39 is 10.0 Å². The Kier molecular flexibility index (Phi) is 5.22. The number of carbonyl (C=O) groups excluding carboxylic acids is 1. The Morgan fingerprint density at radius 2 is 1.92 bits per heavy atom. The second-order valence-corrected chi connectivity index (χ2v) is 9.36. The van der Waals surface area contributed by atoms with Crippen LogP contribution in [0.4, 0.5) is 0 Å². The number of piperidine rings is 1. The first kappa shape index (κ1) is 18.4. The molecule has 0 spiro atoms. The van der Waals surface area contributed by atoms with Crippen molar-refractivity contribution in [3.05, 3.63) is 17.6 Å². The van der Waals surface area contributed by atoms with Crippen LogP contribution in [0, 0.1) is 12.8 Å². The van der Waals surface area contributed by atoms with Gasteiger partial charge in [0.1, 0.15) is 10.7 Å². The lowest BCUT2D eigenvalue weighted by molar-refractivity contribution is 0.0671. The van der Waals surface area contributed by atoms with Gasteiger partial charge >= 0.3 is 0 Å². The molecule has 1 aromatic rings. The topological polar surface area (TPSA) is 82.9 Å². The van der Waals surface area contributed by atoms with Crippen molar-refractivity contribution in [1.29, 1.82) is 0 Å². The third kappa shape index (κ3) is 4.07. The van der Waals surface area contributed by atoms with Gasteiger partial charge in [-0.25, -0.2) is 12.7 Å². The first-order valence-electron chi connectivity index (χ1n) is 8.84. The van der Waals surface area contributed by atoms with E-state index in [1.807, 2.05) is 0 Å². The number of rotatable bonds is 6. The molecular weight excluding hydrogens is 342 g/mol. The van der Waals surface area contributed by atoms with Crippen LogP contribution in [-0.2, 0) is 10.0 Å². The Hall–Kier alpha value is -1.38. The van der Waals surface area contributed by atoms with Crippen LogP contribution in [0.1, 0.15) is 42.0 Å². The number of carbonyl (C=O) groups is 1. The standard InChI is InChI=1S/C17H27N3O4S/c1-12-16(25(22,23)19(2)3)10-15(24-12)17(21)20-8-6-14(7-9-20)18-11-13-4-5-13/h10,13-14,18H,4-9,11H2,1-3H3. The van der Waals surface area contributed by atoms with E-state index in [9.17, 15) is 13.2 Å². The van der Waals surface area contributed by atoms with Gasteiger partial charge in [0.15, 0.2) is 5.76 Å². The van der Waals surface area contributed by atoms with Crippen LogP contribution in [-0.4, -0.2) is 63.3 Å². The molecule has 1 saturated heterocycles. The third-order valence-electron chi connectivity index (χ3n) is 5.02. The fraction of sp³-hybridized carbons (Fsp3) is 0.706. The SMILES string of the molecule is Cc1oc(C(=O)N2CCC(NCC3CC3)CC2)cc1S(=O)(=O)N(C)C. The molecule has 140 valence electrons. The second-order valence-electron chi connectivity index (χ2n) is 7.24. The van der Waals surface area contributed by atoms with Gasteiger partial charge in [0, 0.05) is 39.3 Å². The van der Waals surface area contributed by atoms with Crippen molar-refractivity contribution in [2.45, 2.75) is 43.5 Å². The molecule has 2 fully saturated rings. The van der Waals surface area contributed by atoms with Gasteiger partial charge < -0.3 is 14.6 Å². The van der Waals surface area contributed by atoms with Crippen molar-refractivity contribution in [3.8, 4) is 0 Å². The molecule has 1 aromatic heterocycles. The largest absolute Gasteiger partial charge is 0.455 e. The Balaban J connectivity index is 1.62. The van der Waals surface area contributed by atoms with Crippen LogP contribution in [0.15, 0.2) is 15.4 Å². The maximum Gasteiger partial charge on any atom is 0.289 e.